The summed E-state index contributed by atoms with van der Waals surface area (Å²) in [5.41, 5.74) is -0.687. The Morgan fingerprint density at radius 3 is 2.49 bits per heavy atom. The second-order valence-electron chi connectivity index (χ2n) is 11.2. The van der Waals surface area contributed by atoms with Gasteiger partial charge in [-0.15, -0.1) is 5.10 Å². The van der Waals surface area contributed by atoms with E-state index in [1.165, 1.54) is 16.6 Å². The van der Waals surface area contributed by atoms with Crippen molar-refractivity contribution in [3.8, 4) is 0 Å². The molecule has 1 aromatic heterocycles. The van der Waals surface area contributed by atoms with Gasteiger partial charge >= 0.3 is 6.09 Å². The van der Waals surface area contributed by atoms with Crippen LogP contribution in [-0.4, -0.2) is 98.8 Å². The van der Waals surface area contributed by atoms with E-state index in [1.807, 2.05) is 41.5 Å². The first kappa shape index (κ1) is 26.9. The second kappa shape index (κ2) is 10.1. The number of ether oxygens (including phenoxy) is 2. The Hall–Kier alpha value is -2.73. The van der Waals surface area contributed by atoms with Crippen molar-refractivity contribution in [1.82, 2.24) is 30.1 Å². The largest absolute Gasteiger partial charge is 0.444 e. The predicted molar refractivity (Wildman–Crippen MR) is 125 cm³/mol. The number of aliphatic hydroxyl groups excluding tert-OH is 1. The minimum atomic E-state index is -0.775. The maximum Gasteiger partial charge on any atom is 0.410 e. The first-order chi connectivity index (χ1) is 16.2. The van der Waals surface area contributed by atoms with Crippen LogP contribution in [0, 0.1) is 5.41 Å². The number of amides is 3. The fraction of sp³-hybridized carbons (Fsp3) is 0.783. The van der Waals surface area contributed by atoms with E-state index in [2.05, 4.69) is 15.6 Å². The highest BCUT2D eigenvalue weighted by atomic mass is 16.6. The molecule has 0 spiro atoms. The van der Waals surface area contributed by atoms with Gasteiger partial charge in [-0.05, 0) is 26.2 Å². The molecule has 0 saturated carbocycles. The normalized spacial score (nSPS) is 24.3. The highest BCUT2D eigenvalue weighted by Crippen LogP contribution is 2.35. The summed E-state index contributed by atoms with van der Waals surface area (Å²) in [5.74, 6) is -0.640. The summed E-state index contributed by atoms with van der Waals surface area (Å²) in [7, 11) is 1.51. The SMILES string of the molecule is CNC(=O)C1CC(O)CN1C(=O)C(n1cc(C2CN(C(=O)OC(C)(C)C)CCO2)nn1)C(C)(C)C. The number of nitrogens with zero attached hydrogens (tertiary/aromatic N) is 5. The van der Waals surface area contributed by atoms with Crippen molar-refractivity contribution in [2.45, 2.75) is 77.9 Å². The number of carbonyl (C=O) groups is 3. The number of aromatic nitrogens is 3. The van der Waals surface area contributed by atoms with Crippen molar-refractivity contribution in [1.29, 1.82) is 0 Å². The van der Waals surface area contributed by atoms with Gasteiger partial charge in [0.1, 0.15) is 29.5 Å². The van der Waals surface area contributed by atoms with Crippen molar-refractivity contribution < 1.29 is 29.0 Å². The van der Waals surface area contributed by atoms with Gasteiger partial charge in [-0.3, -0.25) is 9.59 Å². The Morgan fingerprint density at radius 2 is 1.89 bits per heavy atom. The molecule has 4 atom stereocenters. The van der Waals surface area contributed by atoms with Crippen LogP contribution in [-0.2, 0) is 19.1 Å². The number of likely N-dealkylation sites (N-methyl/N-ethyl adjacent to an activating group) is 1. The Balaban J connectivity index is 1.81. The summed E-state index contributed by atoms with van der Waals surface area (Å²) >= 11 is 0. The lowest BCUT2D eigenvalue weighted by molar-refractivity contribution is -0.144. The molecule has 0 bridgehead atoms. The molecule has 12 heteroatoms. The van der Waals surface area contributed by atoms with Gasteiger partial charge in [0.2, 0.25) is 11.8 Å². The van der Waals surface area contributed by atoms with Gasteiger partial charge in [-0.2, -0.15) is 0 Å². The monoisotopic (exact) mass is 494 g/mol. The van der Waals surface area contributed by atoms with Crippen LogP contribution in [0.4, 0.5) is 4.79 Å². The Labute approximate surface area is 205 Å². The van der Waals surface area contributed by atoms with Crippen LogP contribution in [0.25, 0.3) is 0 Å². The Kier molecular flexibility index (Phi) is 7.75. The number of rotatable bonds is 4. The molecule has 3 amide bonds. The van der Waals surface area contributed by atoms with Crippen molar-refractivity contribution >= 4 is 17.9 Å². The van der Waals surface area contributed by atoms with E-state index in [1.54, 1.807) is 11.1 Å². The van der Waals surface area contributed by atoms with Crippen LogP contribution >= 0.6 is 0 Å². The molecule has 2 fully saturated rings. The van der Waals surface area contributed by atoms with E-state index in [9.17, 15) is 19.5 Å². The summed E-state index contributed by atoms with van der Waals surface area (Å²) in [6.07, 6.45) is 0.115. The van der Waals surface area contributed by atoms with E-state index >= 15 is 0 Å². The van der Waals surface area contributed by atoms with Gasteiger partial charge in [0.05, 0.1) is 25.5 Å². The molecule has 0 aromatic carbocycles. The second-order valence-corrected chi connectivity index (χ2v) is 11.2. The summed E-state index contributed by atoms with van der Waals surface area (Å²) in [6.45, 7) is 12.2. The Bertz CT molecular complexity index is 936. The molecule has 196 valence electrons. The number of morpholine rings is 1. The average Bonchev–Trinajstić information content (AvgIpc) is 3.38. The topological polar surface area (TPSA) is 139 Å². The standard InChI is InChI=1S/C23H38N6O6/c1-22(2,3)18(20(32)28-11-14(30)10-16(28)19(31)24-7)29-12-15(25-26-29)17-13-27(8-9-34-17)21(33)35-23(4,5)6/h12,14,16-18,30H,8-11,13H2,1-7H3,(H,24,31). The van der Waals surface area contributed by atoms with Crippen LogP contribution in [0.3, 0.4) is 0 Å². The van der Waals surface area contributed by atoms with Crippen molar-refractivity contribution in [3.05, 3.63) is 11.9 Å². The minimum Gasteiger partial charge on any atom is -0.444 e. The van der Waals surface area contributed by atoms with Crippen molar-refractivity contribution in [2.24, 2.45) is 5.41 Å². The minimum absolute atomic E-state index is 0.0711. The number of hydrogen-bond donors (Lipinski definition) is 2. The van der Waals surface area contributed by atoms with Crippen LogP contribution in [0.15, 0.2) is 6.20 Å². The third-order valence-electron chi connectivity index (χ3n) is 6.01. The first-order valence-corrected chi connectivity index (χ1v) is 11.9. The number of hydrogen-bond acceptors (Lipinski definition) is 8. The lowest BCUT2D eigenvalue weighted by Gasteiger charge is -2.34. The number of β-amino-alcohol motifs (C(OH)–C–C–N with tert-alkyl or cyclic N) is 1. The molecule has 4 unspecified atom stereocenters. The molecule has 2 saturated heterocycles. The molecule has 2 N–H and O–H groups in total. The highest BCUT2D eigenvalue weighted by molar-refractivity contribution is 5.90. The molecule has 1 aromatic rings. The molecule has 2 aliphatic rings. The van der Waals surface area contributed by atoms with Gasteiger partial charge in [-0.25, -0.2) is 9.48 Å². The van der Waals surface area contributed by atoms with Crippen molar-refractivity contribution in [2.75, 3.05) is 33.3 Å². The molecule has 3 rings (SSSR count). The molecule has 0 radical (unpaired) electrons. The maximum atomic E-state index is 13.7. The lowest BCUT2D eigenvalue weighted by atomic mass is 9.85. The fourth-order valence-corrected chi connectivity index (χ4v) is 4.39. The van der Waals surface area contributed by atoms with Crippen LogP contribution < -0.4 is 5.32 Å². The van der Waals surface area contributed by atoms with E-state index in [0.29, 0.717) is 18.8 Å². The molecule has 12 nitrogen and oxygen atoms in total. The third kappa shape index (κ3) is 6.29. The van der Waals surface area contributed by atoms with Gasteiger partial charge in [0.15, 0.2) is 0 Å². The summed E-state index contributed by atoms with van der Waals surface area (Å²) < 4.78 is 12.8. The van der Waals surface area contributed by atoms with E-state index in [4.69, 9.17) is 9.47 Å². The average molecular weight is 495 g/mol. The molecular formula is C23H38N6O6. The third-order valence-corrected chi connectivity index (χ3v) is 6.01. The van der Waals surface area contributed by atoms with Gasteiger partial charge in [0, 0.05) is 26.6 Å². The maximum absolute atomic E-state index is 13.7. The summed E-state index contributed by atoms with van der Waals surface area (Å²) in [5, 5.41) is 21.2. The highest BCUT2D eigenvalue weighted by Gasteiger charge is 2.45. The zero-order valence-electron chi connectivity index (χ0n) is 21.6. The molecular weight excluding hydrogens is 456 g/mol. The summed E-state index contributed by atoms with van der Waals surface area (Å²) in [4.78, 5) is 41.5. The zero-order valence-corrected chi connectivity index (χ0v) is 21.6. The van der Waals surface area contributed by atoms with Gasteiger partial charge in [0.25, 0.3) is 0 Å². The van der Waals surface area contributed by atoms with Crippen LogP contribution in [0.2, 0.25) is 0 Å². The van der Waals surface area contributed by atoms with Crippen LogP contribution in [0.5, 0.6) is 0 Å². The van der Waals surface area contributed by atoms with Crippen LogP contribution in [0.1, 0.15) is 65.8 Å². The number of carbonyl (C=O) groups excluding carboxylic acids is 3. The molecule has 2 aliphatic heterocycles. The fourth-order valence-electron chi connectivity index (χ4n) is 4.39. The lowest BCUT2D eigenvalue weighted by Crippen LogP contribution is -2.49. The zero-order chi connectivity index (χ0) is 26.1. The first-order valence-electron chi connectivity index (χ1n) is 11.9. The number of aliphatic hydroxyl groups is 1. The van der Waals surface area contributed by atoms with E-state index in [0.717, 1.165) is 0 Å². The quantitative estimate of drug-likeness (QED) is 0.629. The Morgan fingerprint density at radius 1 is 1.20 bits per heavy atom. The van der Waals surface area contributed by atoms with Gasteiger partial charge < -0.3 is 29.7 Å². The summed E-state index contributed by atoms with van der Waals surface area (Å²) in [6, 6.07) is -1.52. The smallest absolute Gasteiger partial charge is 0.410 e. The van der Waals surface area contributed by atoms with E-state index in [-0.39, 0.29) is 31.3 Å². The van der Waals surface area contributed by atoms with Gasteiger partial charge in [-0.1, -0.05) is 26.0 Å². The van der Waals surface area contributed by atoms with E-state index < -0.39 is 41.4 Å². The number of nitrogens with one attached hydrogen (secondary N) is 1. The molecule has 35 heavy (non-hydrogen) atoms. The molecule has 3 heterocycles. The molecule has 0 aliphatic carbocycles. The number of likely N-dealkylation sites (tertiary alicyclic amines) is 1. The predicted octanol–water partition coefficient (Wildman–Crippen LogP) is 0.882. The van der Waals surface area contributed by atoms with Crippen molar-refractivity contribution in [3.63, 3.8) is 0 Å².